The molecule has 0 radical (unpaired) electrons. The topological polar surface area (TPSA) is 76.2 Å². The van der Waals surface area contributed by atoms with Crippen molar-refractivity contribution < 1.29 is 14.3 Å². The summed E-state index contributed by atoms with van der Waals surface area (Å²) in [6.07, 6.45) is 0.328. The Morgan fingerprint density at radius 1 is 1.29 bits per heavy atom. The molecule has 5 nitrogen and oxygen atoms in total. The van der Waals surface area contributed by atoms with Crippen LogP contribution < -0.4 is 0 Å². The summed E-state index contributed by atoms with van der Waals surface area (Å²) in [5, 5.41) is 16.5. The van der Waals surface area contributed by atoms with E-state index < -0.39 is 5.97 Å². The van der Waals surface area contributed by atoms with Gasteiger partial charge in [-0.2, -0.15) is 0 Å². The zero-order valence-electron chi connectivity index (χ0n) is 10.6. The lowest BCUT2D eigenvalue weighted by atomic mass is 10.0. The predicted molar refractivity (Wildman–Crippen MR) is 60.6 cm³/mol. The molecule has 0 aliphatic heterocycles. The van der Waals surface area contributed by atoms with Crippen molar-refractivity contribution in [2.24, 2.45) is 10.8 Å². The minimum Gasteiger partial charge on any atom is -0.481 e. The van der Waals surface area contributed by atoms with Crippen LogP contribution in [0, 0.1) is 10.8 Å². The highest BCUT2D eigenvalue weighted by molar-refractivity contribution is 5.66. The second kappa shape index (κ2) is 3.55. The molecule has 0 amide bonds. The van der Waals surface area contributed by atoms with E-state index in [-0.39, 0.29) is 23.2 Å². The van der Waals surface area contributed by atoms with Gasteiger partial charge in [0.1, 0.15) is 0 Å². The molecule has 0 saturated heterocycles. The number of carbonyl (C=O) groups is 1. The molecule has 1 heterocycles. The van der Waals surface area contributed by atoms with Crippen molar-refractivity contribution in [3.63, 3.8) is 0 Å². The fourth-order valence-electron chi connectivity index (χ4n) is 2.51. The van der Waals surface area contributed by atoms with Crippen LogP contribution in [0.25, 0.3) is 0 Å². The highest BCUT2D eigenvalue weighted by atomic mass is 16.4. The van der Waals surface area contributed by atoms with Gasteiger partial charge in [0.2, 0.25) is 11.8 Å². The minimum atomic E-state index is -0.850. The van der Waals surface area contributed by atoms with E-state index in [0.717, 1.165) is 0 Å². The van der Waals surface area contributed by atoms with Crippen molar-refractivity contribution in [2.45, 2.75) is 46.5 Å². The Balaban J connectivity index is 2.08. The first kappa shape index (κ1) is 12.1. The van der Waals surface area contributed by atoms with Gasteiger partial charge in [-0.1, -0.05) is 27.7 Å². The maximum absolute atomic E-state index is 10.4. The van der Waals surface area contributed by atoms with Crippen molar-refractivity contribution in [1.29, 1.82) is 0 Å². The summed E-state index contributed by atoms with van der Waals surface area (Å²) in [6, 6.07) is 0. The zero-order valence-corrected chi connectivity index (χ0v) is 10.6. The van der Waals surface area contributed by atoms with Crippen LogP contribution in [0.1, 0.15) is 51.8 Å². The lowest BCUT2D eigenvalue weighted by Gasteiger charge is -2.03. The fraction of sp³-hybridized carbons (Fsp3) is 0.750. The number of hydrogen-bond donors (Lipinski definition) is 1. The van der Waals surface area contributed by atoms with Crippen molar-refractivity contribution in [2.75, 3.05) is 0 Å². The van der Waals surface area contributed by atoms with Crippen molar-refractivity contribution >= 4 is 5.97 Å². The molecule has 0 spiro atoms. The molecule has 1 aliphatic carbocycles. The molecule has 0 bridgehead atoms. The molecule has 1 aromatic rings. The van der Waals surface area contributed by atoms with E-state index in [1.54, 1.807) is 0 Å². The Hall–Kier alpha value is -1.39. The van der Waals surface area contributed by atoms with Crippen LogP contribution >= 0.6 is 0 Å². The number of aliphatic carboxylic acids is 1. The Morgan fingerprint density at radius 2 is 1.88 bits per heavy atom. The molecule has 1 saturated carbocycles. The van der Waals surface area contributed by atoms with Crippen LogP contribution in [-0.2, 0) is 11.2 Å². The number of carboxylic acids is 1. The second-order valence-corrected chi connectivity index (χ2v) is 5.80. The molecular formula is C12H18N2O3. The van der Waals surface area contributed by atoms with Crippen molar-refractivity contribution in [1.82, 2.24) is 10.2 Å². The predicted octanol–water partition coefficient (Wildman–Crippen LogP) is 2.24. The molecule has 1 aromatic heterocycles. The molecule has 1 N–H and O–H groups in total. The van der Waals surface area contributed by atoms with Gasteiger partial charge in [-0.05, 0) is 10.8 Å². The largest absolute Gasteiger partial charge is 0.481 e. The Labute approximate surface area is 100 Å². The van der Waals surface area contributed by atoms with Crippen LogP contribution in [0.4, 0.5) is 0 Å². The average Bonchev–Trinajstić information content (AvgIpc) is 2.55. The summed E-state index contributed by atoms with van der Waals surface area (Å²) < 4.78 is 5.54. The maximum atomic E-state index is 10.4. The molecule has 0 aromatic carbocycles. The number of aryl methyl sites for hydroxylation is 1. The Kier molecular flexibility index (Phi) is 2.52. The molecule has 1 aliphatic rings. The van der Waals surface area contributed by atoms with E-state index in [1.807, 2.05) is 0 Å². The molecule has 2 rings (SSSR count). The summed E-state index contributed by atoms with van der Waals surface area (Å²) in [6.45, 7) is 8.72. The highest BCUT2D eigenvalue weighted by Crippen LogP contribution is 2.73. The molecule has 0 atom stereocenters. The molecule has 17 heavy (non-hydrogen) atoms. The number of hydrogen-bond acceptors (Lipinski definition) is 4. The third-order valence-corrected chi connectivity index (χ3v) is 4.30. The van der Waals surface area contributed by atoms with Gasteiger partial charge in [-0.25, -0.2) is 0 Å². The number of aromatic nitrogens is 2. The van der Waals surface area contributed by atoms with E-state index in [4.69, 9.17) is 9.52 Å². The van der Waals surface area contributed by atoms with Gasteiger partial charge in [-0.3, -0.25) is 4.79 Å². The van der Waals surface area contributed by atoms with E-state index in [1.165, 1.54) is 0 Å². The third-order valence-electron chi connectivity index (χ3n) is 4.30. The molecule has 5 heteroatoms. The SMILES string of the molecule is CC1(C)C(c2nnc(CCC(=O)O)o2)C1(C)C. The zero-order chi connectivity index (χ0) is 12.8. The first-order valence-electron chi connectivity index (χ1n) is 5.81. The lowest BCUT2D eigenvalue weighted by molar-refractivity contribution is -0.137. The number of nitrogens with zero attached hydrogens (tertiary/aromatic N) is 2. The maximum Gasteiger partial charge on any atom is 0.303 e. The van der Waals surface area contributed by atoms with E-state index in [9.17, 15) is 4.79 Å². The van der Waals surface area contributed by atoms with Crippen LogP contribution in [0.2, 0.25) is 0 Å². The number of carboxylic acid groups (broad SMARTS) is 1. The average molecular weight is 238 g/mol. The lowest BCUT2D eigenvalue weighted by Crippen LogP contribution is -1.97. The van der Waals surface area contributed by atoms with Gasteiger partial charge in [0.25, 0.3) is 0 Å². The van der Waals surface area contributed by atoms with Gasteiger partial charge in [0.05, 0.1) is 6.42 Å². The number of rotatable bonds is 4. The normalized spacial score (nSPS) is 21.4. The van der Waals surface area contributed by atoms with Crippen LogP contribution in [0.3, 0.4) is 0 Å². The van der Waals surface area contributed by atoms with E-state index in [0.29, 0.717) is 18.2 Å². The smallest absolute Gasteiger partial charge is 0.303 e. The van der Waals surface area contributed by atoms with Gasteiger partial charge in [0.15, 0.2) is 0 Å². The molecular weight excluding hydrogens is 220 g/mol. The fourth-order valence-corrected chi connectivity index (χ4v) is 2.51. The van der Waals surface area contributed by atoms with Crippen LogP contribution in [-0.4, -0.2) is 21.3 Å². The Bertz CT molecular complexity index is 434. The first-order valence-corrected chi connectivity index (χ1v) is 5.81. The van der Waals surface area contributed by atoms with Gasteiger partial charge >= 0.3 is 5.97 Å². The monoisotopic (exact) mass is 238 g/mol. The molecule has 0 unspecified atom stereocenters. The minimum absolute atomic E-state index is 0.0269. The van der Waals surface area contributed by atoms with Gasteiger partial charge in [0, 0.05) is 12.3 Å². The van der Waals surface area contributed by atoms with Crippen LogP contribution in [0.15, 0.2) is 4.42 Å². The van der Waals surface area contributed by atoms with Gasteiger partial charge < -0.3 is 9.52 Å². The third kappa shape index (κ3) is 1.83. The van der Waals surface area contributed by atoms with E-state index in [2.05, 4.69) is 37.9 Å². The summed E-state index contributed by atoms with van der Waals surface area (Å²) in [5.41, 5.74) is 0.313. The summed E-state index contributed by atoms with van der Waals surface area (Å²) in [5.74, 6) is 0.471. The second-order valence-electron chi connectivity index (χ2n) is 5.80. The van der Waals surface area contributed by atoms with E-state index >= 15 is 0 Å². The quantitative estimate of drug-likeness (QED) is 0.870. The van der Waals surface area contributed by atoms with Crippen molar-refractivity contribution in [3.8, 4) is 0 Å². The van der Waals surface area contributed by atoms with Gasteiger partial charge in [-0.15, -0.1) is 10.2 Å². The highest BCUT2D eigenvalue weighted by Gasteiger charge is 2.67. The molecule has 1 fully saturated rings. The summed E-state index contributed by atoms with van der Waals surface area (Å²) in [7, 11) is 0. The molecule has 94 valence electrons. The van der Waals surface area contributed by atoms with Crippen molar-refractivity contribution in [3.05, 3.63) is 11.8 Å². The Morgan fingerprint density at radius 3 is 2.35 bits per heavy atom. The first-order chi connectivity index (χ1) is 7.76. The summed E-state index contributed by atoms with van der Waals surface area (Å²) >= 11 is 0. The van der Waals surface area contributed by atoms with Crippen LogP contribution in [0.5, 0.6) is 0 Å². The summed E-state index contributed by atoms with van der Waals surface area (Å²) in [4.78, 5) is 10.4. The standard InChI is InChI=1S/C12H18N2O3/c1-11(2)9(12(11,3)4)10-14-13-7(17-10)5-6-8(15)16/h9H,5-6H2,1-4H3,(H,15,16).